The molecule has 0 aliphatic carbocycles. The first-order chi connectivity index (χ1) is 16.0. The van der Waals surface area contributed by atoms with Crippen molar-refractivity contribution in [1.82, 2.24) is 9.38 Å². The van der Waals surface area contributed by atoms with Crippen LogP contribution in [0.5, 0.6) is 0 Å². The molecule has 2 aromatic heterocycles. The molecule has 1 aliphatic heterocycles. The number of para-hydroxylation sites is 1. The Morgan fingerprint density at radius 3 is 2.68 bits per heavy atom. The fourth-order valence-corrected chi connectivity index (χ4v) is 4.45. The summed E-state index contributed by atoms with van der Waals surface area (Å²) in [6, 6.07) is 8.01. The smallest absolute Gasteiger partial charge is 0.337 e. The summed E-state index contributed by atoms with van der Waals surface area (Å²) in [6.07, 6.45) is 1.98. The van der Waals surface area contributed by atoms with E-state index in [-0.39, 0.29) is 16.9 Å². The van der Waals surface area contributed by atoms with Crippen molar-refractivity contribution >= 4 is 23.1 Å². The second-order valence-electron chi connectivity index (χ2n) is 9.12. The summed E-state index contributed by atoms with van der Waals surface area (Å²) in [5.74, 6) is -4.40. The van der Waals surface area contributed by atoms with Crippen LogP contribution in [0.15, 0.2) is 41.3 Å². The number of pyridine rings is 1. The maximum absolute atomic E-state index is 14.5. The molecule has 34 heavy (non-hydrogen) atoms. The number of aromatic carboxylic acids is 1. The van der Waals surface area contributed by atoms with Gasteiger partial charge < -0.3 is 15.3 Å². The summed E-state index contributed by atoms with van der Waals surface area (Å²) in [6.45, 7) is 6.74. The van der Waals surface area contributed by atoms with Gasteiger partial charge in [0.25, 0.3) is 11.5 Å². The van der Waals surface area contributed by atoms with E-state index in [1.54, 1.807) is 31.3 Å². The molecule has 3 heterocycles. The largest absolute Gasteiger partial charge is 0.478 e. The van der Waals surface area contributed by atoms with Crippen LogP contribution in [0.3, 0.4) is 0 Å². The minimum atomic E-state index is -2.87. The van der Waals surface area contributed by atoms with E-state index >= 15 is 0 Å². The van der Waals surface area contributed by atoms with Crippen molar-refractivity contribution in [3.63, 3.8) is 0 Å². The standard InChI is InChI=1S/C25H28F2N4O3/c1-14-11-19(17(4)28-20-8-6-5-7-18(20)24(33)34)22-29-21(16(3)23(32)31(22)12-14)30-10-9-15(2)25(26,27)13-30/h5-8,11-12,15,17,28H,9-10,13H2,1-4H3,(H,33,34). The van der Waals surface area contributed by atoms with E-state index in [2.05, 4.69) is 5.32 Å². The number of fused-ring (bicyclic) bond motifs is 1. The topological polar surface area (TPSA) is 86.9 Å². The van der Waals surface area contributed by atoms with Gasteiger partial charge >= 0.3 is 5.97 Å². The van der Waals surface area contributed by atoms with Crippen molar-refractivity contribution in [1.29, 1.82) is 0 Å². The number of hydrogen-bond acceptors (Lipinski definition) is 5. The highest BCUT2D eigenvalue weighted by Crippen LogP contribution is 2.35. The number of aromatic nitrogens is 2. The van der Waals surface area contributed by atoms with Crippen LogP contribution in [0.1, 0.15) is 53.4 Å². The normalized spacial score (nSPS) is 18.6. The quantitative estimate of drug-likeness (QED) is 0.564. The van der Waals surface area contributed by atoms with Crippen LogP contribution in [0.4, 0.5) is 20.3 Å². The van der Waals surface area contributed by atoms with Gasteiger partial charge in [-0.05, 0) is 51.0 Å². The number of rotatable bonds is 5. The van der Waals surface area contributed by atoms with Crippen LogP contribution < -0.4 is 15.8 Å². The van der Waals surface area contributed by atoms with Gasteiger partial charge in [0.05, 0.1) is 23.7 Å². The van der Waals surface area contributed by atoms with E-state index in [4.69, 9.17) is 4.98 Å². The molecule has 7 nitrogen and oxygen atoms in total. The summed E-state index contributed by atoms with van der Waals surface area (Å²) in [5, 5.41) is 12.7. The molecule has 1 aromatic carbocycles. The Labute approximate surface area is 196 Å². The molecule has 2 atom stereocenters. The molecular formula is C25H28F2N4O3. The number of carboxylic acid groups (broad SMARTS) is 1. The molecule has 1 aliphatic rings. The molecule has 2 N–H and O–H groups in total. The summed E-state index contributed by atoms with van der Waals surface area (Å²) in [4.78, 5) is 31.1. The minimum absolute atomic E-state index is 0.123. The molecule has 4 rings (SSSR count). The lowest BCUT2D eigenvalue weighted by Crippen LogP contribution is -2.48. The fraction of sp³-hybridized carbons (Fsp3) is 0.400. The highest BCUT2D eigenvalue weighted by Gasteiger charge is 2.42. The number of carboxylic acids is 1. The summed E-state index contributed by atoms with van der Waals surface area (Å²) in [5.41, 5.74) is 2.39. The van der Waals surface area contributed by atoms with Crippen LogP contribution in [-0.2, 0) is 0 Å². The van der Waals surface area contributed by atoms with Crippen molar-refractivity contribution in [3.8, 4) is 0 Å². The van der Waals surface area contributed by atoms with Crippen molar-refractivity contribution in [2.75, 3.05) is 23.3 Å². The first-order valence-electron chi connectivity index (χ1n) is 11.2. The zero-order valence-electron chi connectivity index (χ0n) is 19.6. The molecule has 9 heteroatoms. The number of hydrogen-bond donors (Lipinski definition) is 2. The van der Waals surface area contributed by atoms with Gasteiger partial charge in [-0.3, -0.25) is 9.20 Å². The van der Waals surface area contributed by atoms with Gasteiger partial charge in [-0.25, -0.2) is 18.6 Å². The van der Waals surface area contributed by atoms with Crippen LogP contribution in [0.25, 0.3) is 5.65 Å². The monoisotopic (exact) mass is 470 g/mol. The SMILES string of the molecule is Cc1cc(C(C)Nc2ccccc2C(=O)O)c2nc(N3CCC(C)C(F)(F)C3)c(C)c(=O)n2c1. The Hall–Kier alpha value is -3.49. The van der Waals surface area contributed by atoms with Crippen LogP contribution in [-0.4, -0.2) is 39.5 Å². The summed E-state index contributed by atoms with van der Waals surface area (Å²) in [7, 11) is 0. The second kappa shape index (κ2) is 8.70. The molecule has 0 spiro atoms. The number of piperidine rings is 1. The molecular weight excluding hydrogens is 442 g/mol. The molecule has 1 saturated heterocycles. The Morgan fingerprint density at radius 2 is 2.00 bits per heavy atom. The van der Waals surface area contributed by atoms with Crippen molar-refractivity contribution < 1.29 is 18.7 Å². The third kappa shape index (κ3) is 4.22. The first-order valence-corrected chi connectivity index (χ1v) is 11.2. The first kappa shape index (κ1) is 23.7. The van der Waals surface area contributed by atoms with Crippen LogP contribution in [0, 0.1) is 19.8 Å². The average molecular weight is 471 g/mol. The molecule has 0 saturated carbocycles. The molecule has 2 unspecified atom stereocenters. The van der Waals surface area contributed by atoms with Gasteiger partial charge in [-0.2, -0.15) is 0 Å². The number of nitrogens with one attached hydrogen (secondary N) is 1. The van der Waals surface area contributed by atoms with Crippen LogP contribution >= 0.6 is 0 Å². The Bertz CT molecular complexity index is 1320. The number of nitrogens with zero attached hydrogens (tertiary/aromatic N) is 3. The zero-order chi connectivity index (χ0) is 24.8. The molecule has 1 fully saturated rings. The molecule has 3 aromatic rings. The van der Waals surface area contributed by atoms with Gasteiger partial charge in [-0.15, -0.1) is 0 Å². The lowest BCUT2D eigenvalue weighted by molar-refractivity contribution is -0.0573. The minimum Gasteiger partial charge on any atom is -0.478 e. The van der Waals surface area contributed by atoms with Crippen LogP contribution in [0.2, 0.25) is 0 Å². The Balaban J connectivity index is 1.82. The van der Waals surface area contributed by atoms with E-state index in [0.29, 0.717) is 35.4 Å². The van der Waals surface area contributed by atoms with Crippen molar-refractivity contribution in [2.45, 2.75) is 46.1 Å². The van der Waals surface area contributed by atoms with Gasteiger partial charge in [-0.1, -0.05) is 19.1 Å². The highest BCUT2D eigenvalue weighted by atomic mass is 19.3. The third-order valence-corrected chi connectivity index (χ3v) is 6.54. The predicted octanol–water partition coefficient (Wildman–Crippen LogP) is 4.66. The number of carbonyl (C=O) groups is 1. The highest BCUT2D eigenvalue weighted by molar-refractivity contribution is 5.94. The predicted molar refractivity (Wildman–Crippen MR) is 127 cm³/mol. The summed E-state index contributed by atoms with van der Waals surface area (Å²) < 4.78 is 30.4. The van der Waals surface area contributed by atoms with E-state index in [0.717, 1.165) is 5.56 Å². The Morgan fingerprint density at radius 1 is 1.29 bits per heavy atom. The van der Waals surface area contributed by atoms with Gasteiger partial charge in [0.1, 0.15) is 11.5 Å². The Kier molecular flexibility index (Phi) is 6.05. The number of anilines is 2. The van der Waals surface area contributed by atoms with E-state index in [1.807, 2.05) is 19.9 Å². The number of halogens is 2. The lowest BCUT2D eigenvalue weighted by Gasteiger charge is -2.38. The second-order valence-corrected chi connectivity index (χ2v) is 9.12. The fourth-order valence-electron chi connectivity index (χ4n) is 4.45. The molecule has 0 amide bonds. The summed E-state index contributed by atoms with van der Waals surface area (Å²) >= 11 is 0. The van der Waals surface area contributed by atoms with Gasteiger partial charge in [0.2, 0.25) is 0 Å². The lowest BCUT2D eigenvalue weighted by atomic mass is 9.95. The maximum atomic E-state index is 14.5. The molecule has 0 bridgehead atoms. The number of alkyl halides is 2. The maximum Gasteiger partial charge on any atom is 0.337 e. The van der Waals surface area contributed by atoms with E-state index < -0.39 is 30.4 Å². The van der Waals surface area contributed by atoms with Gasteiger partial charge in [0, 0.05) is 29.9 Å². The van der Waals surface area contributed by atoms with Gasteiger partial charge in [0.15, 0.2) is 0 Å². The van der Waals surface area contributed by atoms with E-state index in [9.17, 15) is 23.5 Å². The average Bonchev–Trinajstić information content (AvgIpc) is 2.78. The molecule has 0 radical (unpaired) electrons. The van der Waals surface area contributed by atoms with Crippen molar-refractivity contribution in [2.24, 2.45) is 5.92 Å². The van der Waals surface area contributed by atoms with E-state index in [1.165, 1.54) is 22.3 Å². The third-order valence-electron chi connectivity index (χ3n) is 6.54. The number of benzene rings is 1. The zero-order valence-corrected chi connectivity index (χ0v) is 19.6. The number of aryl methyl sites for hydroxylation is 1. The van der Waals surface area contributed by atoms with Crippen molar-refractivity contribution in [3.05, 3.63) is 69.1 Å². The molecule has 180 valence electrons.